The van der Waals surface area contributed by atoms with Gasteiger partial charge in [0.2, 0.25) is 0 Å². The number of thiazole rings is 1. The largest absolute Gasteiger partial charge is 0.387 e. The van der Waals surface area contributed by atoms with Crippen LogP contribution >= 0.6 is 11.3 Å². The second-order valence-electron chi connectivity index (χ2n) is 7.69. The Kier molecular flexibility index (Phi) is 3.90. The van der Waals surface area contributed by atoms with Crippen molar-refractivity contribution in [3.63, 3.8) is 0 Å². The van der Waals surface area contributed by atoms with Crippen molar-refractivity contribution in [3.05, 3.63) is 59.0 Å². The predicted molar refractivity (Wildman–Crippen MR) is 101 cm³/mol. The Morgan fingerprint density at radius 2 is 2.00 bits per heavy atom. The van der Waals surface area contributed by atoms with E-state index in [1.165, 1.54) is 47.4 Å². The summed E-state index contributed by atoms with van der Waals surface area (Å²) in [6.07, 6.45) is 10.6. The molecule has 2 aromatic heterocycles. The lowest BCUT2D eigenvalue weighted by Crippen LogP contribution is -2.13. The van der Waals surface area contributed by atoms with Gasteiger partial charge in [0.05, 0.1) is 18.0 Å². The Labute approximate surface area is 152 Å². The topological polar surface area (TPSA) is 37.5 Å². The summed E-state index contributed by atoms with van der Waals surface area (Å²) in [6, 6.07) is 10.9. The molecule has 0 aliphatic heterocycles. The Balaban J connectivity index is 1.42. The van der Waals surface area contributed by atoms with Crippen LogP contribution in [0, 0.1) is 5.92 Å². The molecule has 2 aliphatic carbocycles. The van der Waals surface area contributed by atoms with Gasteiger partial charge >= 0.3 is 0 Å². The number of aliphatic hydroxyl groups excluding tert-OH is 1. The van der Waals surface area contributed by atoms with Gasteiger partial charge < -0.3 is 5.11 Å². The van der Waals surface area contributed by atoms with Gasteiger partial charge in [0.25, 0.3) is 0 Å². The summed E-state index contributed by atoms with van der Waals surface area (Å²) in [4.78, 5) is 6.85. The molecule has 130 valence electrons. The lowest BCUT2D eigenvalue weighted by molar-refractivity contribution is 0.135. The number of aromatic nitrogens is 2. The predicted octanol–water partition coefficient (Wildman–Crippen LogP) is 5.28. The minimum absolute atomic E-state index is 0.382. The molecule has 1 N–H and O–H groups in total. The van der Waals surface area contributed by atoms with E-state index in [0.29, 0.717) is 17.8 Å². The Morgan fingerprint density at radius 3 is 2.80 bits per heavy atom. The number of aliphatic hydroxyl groups is 1. The Bertz CT molecular complexity index is 865. The Hall–Kier alpha value is -1.65. The lowest BCUT2D eigenvalue weighted by atomic mass is 9.84. The van der Waals surface area contributed by atoms with Crippen molar-refractivity contribution in [2.75, 3.05) is 0 Å². The van der Waals surface area contributed by atoms with Gasteiger partial charge in [0.1, 0.15) is 11.2 Å². The number of benzene rings is 1. The first-order chi connectivity index (χ1) is 12.3. The molecule has 2 heterocycles. The molecule has 0 radical (unpaired) electrons. The number of hydrogen-bond donors (Lipinski definition) is 1. The zero-order chi connectivity index (χ0) is 16.8. The van der Waals surface area contributed by atoms with E-state index in [4.69, 9.17) is 0 Å². The SMILES string of the molecule is OC(CC1CCCC1c1ccccc1)c1c(C2CC2)sc2cncn12. The van der Waals surface area contributed by atoms with Crippen LogP contribution in [0.5, 0.6) is 0 Å². The van der Waals surface area contributed by atoms with Gasteiger partial charge in [0, 0.05) is 4.88 Å². The van der Waals surface area contributed by atoms with Crippen LogP contribution in [-0.4, -0.2) is 14.5 Å². The Morgan fingerprint density at radius 1 is 1.16 bits per heavy atom. The summed E-state index contributed by atoms with van der Waals surface area (Å²) in [5.41, 5.74) is 2.57. The normalized spacial score (nSPS) is 24.8. The molecule has 1 aromatic carbocycles. The molecule has 0 saturated heterocycles. The van der Waals surface area contributed by atoms with E-state index in [2.05, 4.69) is 39.7 Å². The zero-order valence-electron chi connectivity index (χ0n) is 14.3. The first kappa shape index (κ1) is 15.6. The standard InChI is InChI=1S/C21H24N2OS/c24-18(11-16-7-4-8-17(16)14-5-2-1-3-6-14)20-21(15-9-10-15)25-19-12-22-13-23(19)20/h1-3,5-6,12-13,15-18,24H,4,7-11H2. The summed E-state index contributed by atoms with van der Waals surface area (Å²) < 4.78 is 2.13. The molecular weight excluding hydrogens is 328 g/mol. The van der Waals surface area contributed by atoms with E-state index in [-0.39, 0.29) is 6.10 Å². The van der Waals surface area contributed by atoms with E-state index in [1.807, 2.05) is 23.9 Å². The molecule has 0 spiro atoms. The van der Waals surface area contributed by atoms with Crippen LogP contribution in [0.2, 0.25) is 0 Å². The maximum atomic E-state index is 11.2. The van der Waals surface area contributed by atoms with Crippen molar-refractivity contribution >= 4 is 16.2 Å². The molecule has 3 aromatic rings. The van der Waals surface area contributed by atoms with Crippen LogP contribution < -0.4 is 0 Å². The molecule has 3 nitrogen and oxygen atoms in total. The van der Waals surface area contributed by atoms with Gasteiger partial charge in [-0.25, -0.2) is 4.98 Å². The van der Waals surface area contributed by atoms with Crippen LogP contribution in [0.15, 0.2) is 42.9 Å². The fraction of sp³-hybridized carbons (Fsp3) is 0.476. The average molecular weight is 353 g/mol. The van der Waals surface area contributed by atoms with Crippen LogP contribution in [0.4, 0.5) is 0 Å². The molecular formula is C21H24N2OS. The van der Waals surface area contributed by atoms with Crippen LogP contribution in [-0.2, 0) is 0 Å². The second kappa shape index (κ2) is 6.26. The fourth-order valence-electron chi connectivity index (χ4n) is 4.64. The summed E-state index contributed by atoms with van der Waals surface area (Å²) in [5.74, 6) is 1.84. The number of hydrogen-bond acceptors (Lipinski definition) is 3. The number of rotatable bonds is 5. The molecule has 2 aliphatic rings. The van der Waals surface area contributed by atoms with Gasteiger partial charge in [-0.3, -0.25) is 4.40 Å². The average Bonchev–Trinajstić information content (AvgIpc) is 3.04. The quantitative estimate of drug-likeness (QED) is 0.678. The van der Waals surface area contributed by atoms with E-state index in [1.54, 1.807) is 0 Å². The molecule has 0 amide bonds. The van der Waals surface area contributed by atoms with Crippen molar-refractivity contribution < 1.29 is 5.11 Å². The summed E-state index contributed by atoms with van der Waals surface area (Å²) in [5, 5.41) is 11.2. The summed E-state index contributed by atoms with van der Waals surface area (Å²) in [6.45, 7) is 0. The molecule has 2 fully saturated rings. The van der Waals surface area contributed by atoms with Gasteiger partial charge in [-0.15, -0.1) is 11.3 Å². The third-order valence-electron chi connectivity index (χ3n) is 6.01. The highest BCUT2D eigenvalue weighted by atomic mass is 32.1. The van der Waals surface area contributed by atoms with E-state index < -0.39 is 0 Å². The van der Waals surface area contributed by atoms with Crippen LogP contribution in [0.1, 0.15) is 72.6 Å². The third-order valence-corrected chi connectivity index (χ3v) is 7.28. The molecule has 5 rings (SSSR count). The zero-order valence-corrected chi connectivity index (χ0v) is 15.2. The van der Waals surface area contributed by atoms with Crippen molar-refractivity contribution in [2.24, 2.45) is 5.92 Å². The van der Waals surface area contributed by atoms with Crippen molar-refractivity contribution in [1.29, 1.82) is 0 Å². The summed E-state index contributed by atoms with van der Waals surface area (Å²) >= 11 is 1.83. The monoisotopic (exact) mass is 352 g/mol. The molecule has 3 unspecified atom stereocenters. The van der Waals surface area contributed by atoms with Gasteiger partial charge in [-0.1, -0.05) is 36.8 Å². The smallest absolute Gasteiger partial charge is 0.120 e. The molecule has 3 atom stereocenters. The van der Waals surface area contributed by atoms with E-state index >= 15 is 0 Å². The van der Waals surface area contributed by atoms with Crippen LogP contribution in [0.3, 0.4) is 0 Å². The molecule has 0 bridgehead atoms. The summed E-state index contributed by atoms with van der Waals surface area (Å²) in [7, 11) is 0. The van der Waals surface area contributed by atoms with Crippen molar-refractivity contribution in [1.82, 2.24) is 9.38 Å². The fourth-order valence-corrected chi connectivity index (χ4v) is 5.97. The van der Waals surface area contributed by atoms with Gasteiger partial charge in [-0.05, 0) is 55.4 Å². The van der Waals surface area contributed by atoms with Gasteiger partial charge in [0.15, 0.2) is 0 Å². The second-order valence-corrected chi connectivity index (χ2v) is 8.75. The van der Waals surface area contributed by atoms with Crippen LogP contribution in [0.25, 0.3) is 4.83 Å². The maximum absolute atomic E-state index is 11.2. The minimum atomic E-state index is -0.382. The highest BCUT2D eigenvalue weighted by Gasteiger charge is 2.35. The molecule has 2 saturated carbocycles. The molecule has 4 heteroatoms. The van der Waals surface area contributed by atoms with Crippen molar-refractivity contribution in [3.8, 4) is 0 Å². The van der Waals surface area contributed by atoms with Gasteiger partial charge in [-0.2, -0.15) is 0 Å². The highest BCUT2D eigenvalue weighted by molar-refractivity contribution is 7.17. The number of nitrogens with zero attached hydrogens (tertiary/aromatic N) is 2. The van der Waals surface area contributed by atoms with E-state index in [9.17, 15) is 5.11 Å². The first-order valence-corrected chi connectivity index (χ1v) is 10.3. The highest BCUT2D eigenvalue weighted by Crippen LogP contribution is 2.49. The third kappa shape index (κ3) is 2.81. The number of imidazole rings is 1. The lowest BCUT2D eigenvalue weighted by Gasteiger charge is -2.23. The number of fused-ring (bicyclic) bond motifs is 1. The minimum Gasteiger partial charge on any atom is -0.387 e. The maximum Gasteiger partial charge on any atom is 0.120 e. The van der Waals surface area contributed by atoms with E-state index in [0.717, 1.165) is 12.1 Å². The van der Waals surface area contributed by atoms with Crippen molar-refractivity contribution in [2.45, 2.75) is 56.5 Å². The first-order valence-electron chi connectivity index (χ1n) is 9.49. The molecule has 25 heavy (non-hydrogen) atoms.